The molecule has 2 aromatic rings. The first-order valence-electron chi connectivity index (χ1n) is 8.99. The van der Waals surface area contributed by atoms with Crippen molar-refractivity contribution in [3.8, 4) is 5.75 Å². The van der Waals surface area contributed by atoms with Gasteiger partial charge in [0.1, 0.15) is 11.5 Å². The minimum absolute atomic E-state index is 0.0421. The number of amides is 1. The van der Waals surface area contributed by atoms with E-state index in [4.69, 9.17) is 4.74 Å². The zero-order valence-electron chi connectivity index (χ0n) is 16.1. The molecule has 1 heterocycles. The van der Waals surface area contributed by atoms with Crippen LogP contribution in [-0.4, -0.2) is 47.1 Å². The second-order valence-corrected chi connectivity index (χ2v) is 6.90. The summed E-state index contributed by atoms with van der Waals surface area (Å²) in [6.45, 7) is 4.19. The molecule has 1 saturated heterocycles. The van der Waals surface area contributed by atoms with E-state index in [9.17, 15) is 19.8 Å². The summed E-state index contributed by atoms with van der Waals surface area (Å²) in [4.78, 5) is 26.9. The largest absolute Gasteiger partial charge is 0.508 e. The topological polar surface area (TPSA) is 87.1 Å². The maximum Gasteiger partial charge on any atom is 0.295 e. The molecule has 146 valence electrons. The van der Waals surface area contributed by atoms with Crippen molar-refractivity contribution in [1.82, 2.24) is 4.90 Å². The van der Waals surface area contributed by atoms with Crippen LogP contribution in [-0.2, 0) is 14.3 Å². The van der Waals surface area contributed by atoms with Crippen molar-refractivity contribution in [3.05, 3.63) is 70.3 Å². The predicted molar refractivity (Wildman–Crippen MR) is 105 cm³/mol. The lowest BCUT2D eigenvalue weighted by molar-refractivity contribution is -0.140. The number of phenols is 1. The van der Waals surface area contributed by atoms with Gasteiger partial charge < -0.3 is 19.8 Å². The molecule has 1 aliphatic rings. The highest BCUT2D eigenvalue weighted by Gasteiger charge is 2.45. The number of methoxy groups -OCH3 is 1. The van der Waals surface area contributed by atoms with Crippen molar-refractivity contribution in [2.24, 2.45) is 0 Å². The van der Waals surface area contributed by atoms with E-state index >= 15 is 0 Å². The van der Waals surface area contributed by atoms with Gasteiger partial charge in [0, 0.05) is 19.2 Å². The number of likely N-dealkylation sites (tertiary alicyclic amines) is 1. The van der Waals surface area contributed by atoms with Crippen LogP contribution < -0.4 is 0 Å². The highest BCUT2D eigenvalue weighted by atomic mass is 16.5. The Hall–Kier alpha value is -3.12. The molecule has 1 atom stereocenters. The number of aliphatic hydroxyl groups is 1. The molecule has 3 rings (SSSR count). The van der Waals surface area contributed by atoms with Crippen LogP contribution in [0.1, 0.15) is 28.3 Å². The van der Waals surface area contributed by atoms with E-state index in [-0.39, 0.29) is 30.2 Å². The first-order chi connectivity index (χ1) is 13.3. The van der Waals surface area contributed by atoms with Crippen LogP contribution in [0.2, 0.25) is 0 Å². The summed E-state index contributed by atoms with van der Waals surface area (Å²) in [5.41, 5.74) is 2.92. The van der Waals surface area contributed by atoms with Gasteiger partial charge in [-0.25, -0.2) is 0 Å². The van der Waals surface area contributed by atoms with Gasteiger partial charge in [-0.15, -0.1) is 0 Å². The summed E-state index contributed by atoms with van der Waals surface area (Å²) in [5, 5.41) is 20.6. The Morgan fingerprint density at radius 2 is 1.79 bits per heavy atom. The number of nitrogens with zero attached hydrogens (tertiary/aromatic N) is 1. The Bertz CT molecular complexity index is 946. The Kier molecular flexibility index (Phi) is 5.51. The van der Waals surface area contributed by atoms with Gasteiger partial charge in [-0.3, -0.25) is 9.59 Å². The molecule has 2 aromatic carbocycles. The molecule has 0 bridgehead atoms. The van der Waals surface area contributed by atoms with Crippen LogP contribution in [0.3, 0.4) is 0 Å². The normalized spacial score (nSPS) is 18.7. The monoisotopic (exact) mass is 381 g/mol. The summed E-state index contributed by atoms with van der Waals surface area (Å²) in [6.07, 6.45) is 0. The van der Waals surface area contributed by atoms with Crippen molar-refractivity contribution < 1.29 is 24.5 Å². The molecule has 6 nitrogen and oxygen atoms in total. The molecule has 1 fully saturated rings. The molecule has 0 aliphatic carbocycles. The fraction of sp³-hybridized carbons (Fsp3) is 0.273. The highest BCUT2D eigenvalue weighted by molar-refractivity contribution is 6.46. The van der Waals surface area contributed by atoms with Crippen molar-refractivity contribution in [2.45, 2.75) is 19.9 Å². The average molecular weight is 381 g/mol. The summed E-state index contributed by atoms with van der Waals surface area (Å²) < 4.78 is 5.08. The van der Waals surface area contributed by atoms with Gasteiger partial charge >= 0.3 is 0 Å². The number of Topliss-reactive ketones (excluding diaryl/α,β-unsaturated/α-hetero) is 1. The SMILES string of the molecule is COCCN1C(=O)C(=O)C(=C(O)c2cc(C)ccc2C)C1c1ccc(O)cc1. The van der Waals surface area contributed by atoms with Crippen LogP contribution >= 0.6 is 0 Å². The molecule has 6 heteroatoms. The molecular formula is C22H23NO5. The Morgan fingerprint density at radius 1 is 1.11 bits per heavy atom. The number of phenolic OH excluding ortho intramolecular Hbond substituents is 1. The van der Waals surface area contributed by atoms with Crippen LogP contribution in [0.25, 0.3) is 5.76 Å². The molecule has 1 unspecified atom stereocenters. The molecule has 0 saturated carbocycles. The Labute approximate surface area is 163 Å². The van der Waals surface area contributed by atoms with E-state index in [1.165, 1.54) is 24.1 Å². The number of aliphatic hydroxyl groups excluding tert-OH is 1. The number of aryl methyl sites for hydroxylation is 2. The average Bonchev–Trinajstić information content (AvgIpc) is 2.93. The van der Waals surface area contributed by atoms with E-state index in [1.807, 2.05) is 26.0 Å². The van der Waals surface area contributed by atoms with Crippen LogP contribution in [0.4, 0.5) is 0 Å². The van der Waals surface area contributed by atoms with Gasteiger partial charge in [-0.05, 0) is 43.2 Å². The Balaban J connectivity index is 2.20. The van der Waals surface area contributed by atoms with Crippen molar-refractivity contribution >= 4 is 17.4 Å². The number of rotatable bonds is 5. The first kappa shape index (κ1) is 19.6. The van der Waals surface area contributed by atoms with Crippen molar-refractivity contribution in [3.63, 3.8) is 0 Å². The lowest BCUT2D eigenvalue weighted by Gasteiger charge is -2.25. The van der Waals surface area contributed by atoms with E-state index < -0.39 is 17.7 Å². The summed E-state index contributed by atoms with van der Waals surface area (Å²) in [5.74, 6) is -1.53. The van der Waals surface area contributed by atoms with Crippen LogP contribution in [0, 0.1) is 13.8 Å². The fourth-order valence-electron chi connectivity index (χ4n) is 3.44. The number of hydrogen-bond acceptors (Lipinski definition) is 5. The van der Waals surface area contributed by atoms with E-state index in [0.29, 0.717) is 11.1 Å². The third kappa shape index (κ3) is 3.51. The molecule has 0 spiro atoms. The number of aromatic hydroxyl groups is 1. The number of hydrogen-bond donors (Lipinski definition) is 2. The maximum absolute atomic E-state index is 12.8. The predicted octanol–water partition coefficient (Wildman–Crippen LogP) is 3.08. The van der Waals surface area contributed by atoms with Crippen molar-refractivity contribution in [1.29, 1.82) is 0 Å². The van der Waals surface area contributed by atoms with Crippen LogP contribution in [0.5, 0.6) is 5.75 Å². The standard InChI is InChI=1S/C22H23NO5/c1-13-4-5-14(2)17(12-13)20(25)18-19(15-6-8-16(24)9-7-15)23(10-11-28-3)22(27)21(18)26/h4-9,12,19,24-25H,10-11H2,1-3H3. The summed E-state index contributed by atoms with van der Waals surface area (Å²) in [6, 6.07) is 11.1. The third-order valence-corrected chi connectivity index (χ3v) is 4.93. The fourth-order valence-corrected chi connectivity index (χ4v) is 3.44. The molecule has 1 aliphatic heterocycles. The quantitative estimate of drug-likeness (QED) is 0.472. The number of carbonyl (C=O) groups excluding carboxylic acids is 2. The molecule has 28 heavy (non-hydrogen) atoms. The first-order valence-corrected chi connectivity index (χ1v) is 8.99. The van der Waals surface area contributed by atoms with E-state index in [1.54, 1.807) is 18.2 Å². The van der Waals surface area contributed by atoms with E-state index in [0.717, 1.165) is 11.1 Å². The van der Waals surface area contributed by atoms with Gasteiger partial charge in [-0.2, -0.15) is 0 Å². The number of benzene rings is 2. The zero-order chi connectivity index (χ0) is 20.4. The number of ketones is 1. The van der Waals surface area contributed by atoms with Gasteiger partial charge in [0.05, 0.1) is 18.2 Å². The minimum Gasteiger partial charge on any atom is -0.508 e. The molecule has 2 N–H and O–H groups in total. The Morgan fingerprint density at radius 3 is 2.43 bits per heavy atom. The number of carbonyl (C=O) groups is 2. The lowest BCUT2D eigenvalue weighted by atomic mass is 9.93. The summed E-state index contributed by atoms with van der Waals surface area (Å²) in [7, 11) is 1.52. The molecule has 0 aromatic heterocycles. The molecular weight excluding hydrogens is 358 g/mol. The summed E-state index contributed by atoms with van der Waals surface area (Å²) >= 11 is 0. The van der Waals surface area contributed by atoms with Gasteiger partial charge in [0.25, 0.3) is 11.7 Å². The highest BCUT2D eigenvalue weighted by Crippen LogP contribution is 2.40. The third-order valence-electron chi connectivity index (χ3n) is 4.93. The lowest BCUT2D eigenvalue weighted by Crippen LogP contribution is -2.32. The molecule has 1 amide bonds. The van der Waals surface area contributed by atoms with E-state index in [2.05, 4.69) is 0 Å². The smallest absolute Gasteiger partial charge is 0.295 e. The van der Waals surface area contributed by atoms with Crippen molar-refractivity contribution in [2.75, 3.05) is 20.3 Å². The minimum atomic E-state index is -0.754. The second kappa shape index (κ2) is 7.86. The van der Waals surface area contributed by atoms with Gasteiger partial charge in [0.2, 0.25) is 0 Å². The molecule has 0 radical (unpaired) electrons. The van der Waals surface area contributed by atoms with Crippen LogP contribution in [0.15, 0.2) is 48.0 Å². The van der Waals surface area contributed by atoms with Gasteiger partial charge in [-0.1, -0.05) is 29.8 Å². The second-order valence-electron chi connectivity index (χ2n) is 6.90. The maximum atomic E-state index is 12.8. The number of ether oxygens (including phenoxy) is 1. The van der Waals surface area contributed by atoms with Gasteiger partial charge in [0.15, 0.2) is 0 Å². The zero-order valence-corrected chi connectivity index (χ0v) is 16.1.